The van der Waals surface area contributed by atoms with Crippen molar-refractivity contribution in [3.8, 4) is 0 Å². The monoisotopic (exact) mass is 312 g/mol. The van der Waals surface area contributed by atoms with E-state index < -0.39 is 0 Å². The van der Waals surface area contributed by atoms with E-state index in [1.165, 1.54) is 0 Å². The molecule has 0 atom stereocenters. The molecule has 0 amide bonds. The van der Waals surface area contributed by atoms with Crippen molar-refractivity contribution in [2.75, 3.05) is 0 Å². The summed E-state index contributed by atoms with van der Waals surface area (Å²) in [7, 11) is 0. The molecular formula is AlOSbSiSn. The molecule has 0 fully saturated rings. The van der Waals surface area contributed by atoms with Crippen molar-refractivity contribution >= 4 is 75.3 Å². The average Bonchev–Trinajstić information content (AvgIpc) is 1.00. The second-order valence-corrected chi connectivity index (χ2v) is 0. The van der Waals surface area contributed by atoms with Gasteiger partial charge in [-0.2, -0.15) is 0 Å². The van der Waals surface area contributed by atoms with Crippen LogP contribution in [0.4, 0.5) is 0 Å². The zero-order chi connectivity index (χ0) is 2.00. The maximum Gasteiger partial charge on any atom is 0 e. The third kappa shape index (κ3) is 22.8. The molecule has 0 aliphatic carbocycles. The van der Waals surface area contributed by atoms with E-state index in [-0.39, 0.29) is 52.8 Å². The van der Waals surface area contributed by atoms with Gasteiger partial charge in [-0.3, -0.25) is 0 Å². The molecule has 0 heterocycles. The van der Waals surface area contributed by atoms with Crippen LogP contribution in [0.15, 0.2) is 0 Å². The first-order valence-electron chi connectivity index (χ1n) is 0.204. The topological polar surface area (TPSA) is 17.1 Å². The van der Waals surface area contributed by atoms with E-state index in [2.05, 4.69) is 0 Å². The van der Waals surface area contributed by atoms with Crippen LogP contribution in [0.1, 0.15) is 0 Å². The molecule has 5 heavy (non-hydrogen) atoms. The molecule has 0 N–H and O–H groups in total. The van der Waals surface area contributed by atoms with Gasteiger partial charge in [-0.05, 0) is 0 Å². The van der Waals surface area contributed by atoms with Gasteiger partial charge in [0.25, 0.3) is 0 Å². The van der Waals surface area contributed by atoms with Gasteiger partial charge in [-0.25, -0.2) is 0 Å². The van der Waals surface area contributed by atoms with Gasteiger partial charge in [0.1, 0.15) is 0 Å². The van der Waals surface area contributed by atoms with E-state index in [0.717, 1.165) is 0 Å². The molecule has 0 bridgehead atoms. The van der Waals surface area contributed by atoms with Crippen molar-refractivity contribution in [3.63, 3.8) is 0 Å². The van der Waals surface area contributed by atoms with Gasteiger partial charge in [-0.15, -0.1) is 0 Å². The summed E-state index contributed by atoms with van der Waals surface area (Å²) < 4.78 is 8.34. The Kier molecular flexibility index (Phi) is 191. The molecule has 0 saturated heterocycles. The van der Waals surface area contributed by atoms with Crippen LogP contribution < -0.4 is 0 Å². The predicted octanol–water partition coefficient (Wildman–Crippen LogP) is -1.64. The van der Waals surface area contributed by atoms with E-state index in [0.29, 0.717) is 22.5 Å². The van der Waals surface area contributed by atoms with Gasteiger partial charge in [-0.1, -0.05) is 0 Å². The Labute approximate surface area is 77.3 Å². The smallest absolute Gasteiger partial charge is 0 e. The first-order chi connectivity index (χ1) is 1.00. The molecule has 0 aliphatic rings. The Bertz CT molecular complexity index is 11.6. The van der Waals surface area contributed by atoms with Crippen molar-refractivity contribution in [1.29, 1.82) is 0 Å². The van der Waals surface area contributed by atoms with Crippen LogP contribution in [0.2, 0.25) is 0 Å². The van der Waals surface area contributed by atoms with Crippen molar-refractivity contribution in [3.05, 3.63) is 0 Å². The third-order valence-electron chi connectivity index (χ3n) is 0. The molecule has 12 radical (unpaired) electrons. The van der Waals surface area contributed by atoms with Crippen LogP contribution in [0, 0.1) is 0 Å². The molecule has 0 saturated carbocycles. The van der Waals surface area contributed by atoms with Crippen LogP contribution in [-0.2, 0) is 3.08 Å². The largest absolute Gasteiger partial charge is 0 e. The van der Waals surface area contributed by atoms with E-state index >= 15 is 0 Å². The predicted molar refractivity (Wildman–Crippen MR) is 23.7 cm³/mol. The second-order valence-electron chi connectivity index (χ2n) is 0. The van der Waals surface area contributed by atoms with Crippen LogP contribution in [0.25, 0.3) is 0 Å². The summed E-state index contributed by atoms with van der Waals surface area (Å²) in [6.45, 7) is 0. The molecule has 0 aliphatic heterocycles. The Hall–Kier alpha value is 2.17. The summed E-state index contributed by atoms with van der Waals surface area (Å²) >= 11 is 0.300. The Morgan fingerprint density at radius 2 is 1.20 bits per heavy atom. The normalized spacial score (nSPS) is 0.800. The number of hydrogen-bond acceptors (Lipinski definition) is 1. The van der Waals surface area contributed by atoms with E-state index in [4.69, 9.17) is 3.08 Å². The Morgan fingerprint density at radius 1 is 1.20 bits per heavy atom. The molecule has 22 valence electrons. The van der Waals surface area contributed by atoms with Crippen LogP contribution in [0.5, 0.6) is 0 Å². The van der Waals surface area contributed by atoms with Gasteiger partial charge in [0, 0.05) is 52.8 Å². The van der Waals surface area contributed by atoms with E-state index in [9.17, 15) is 0 Å². The van der Waals surface area contributed by atoms with Crippen molar-refractivity contribution in [1.82, 2.24) is 0 Å². The van der Waals surface area contributed by atoms with Crippen LogP contribution >= 0.6 is 0 Å². The summed E-state index contributed by atoms with van der Waals surface area (Å²) in [6.07, 6.45) is 0. The quantitative estimate of drug-likeness (QED) is 0.491. The maximum atomic E-state index is 8.34. The molecule has 0 aromatic heterocycles. The molecular weight excluding hydrogens is 312 g/mol. The van der Waals surface area contributed by atoms with E-state index in [1.807, 2.05) is 0 Å². The first-order valence-corrected chi connectivity index (χ1v) is 1.37. The van der Waals surface area contributed by atoms with Crippen molar-refractivity contribution in [2.45, 2.75) is 0 Å². The third-order valence-corrected chi connectivity index (χ3v) is 0. The Morgan fingerprint density at radius 3 is 1.20 bits per heavy atom. The van der Waals surface area contributed by atoms with Crippen LogP contribution in [0.3, 0.4) is 0 Å². The summed E-state index contributed by atoms with van der Waals surface area (Å²) in [5.41, 5.74) is 0. The zero-order valence-electron chi connectivity index (χ0n) is 2.43. The summed E-state index contributed by atoms with van der Waals surface area (Å²) in [6, 6.07) is 0. The number of rotatable bonds is 0. The Balaban J connectivity index is -0.00000000167. The summed E-state index contributed by atoms with van der Waals surface area (Å²) in [5.74, 6) is 0. The van der Waals surface area contributed by atoms with Gasteiger partial charge in [0.15, 0.2) is 0 Å². The molecule has 0 rings (SSSR count). The molecule has 0 aromatic rings. The van der Waals surface area contributed by atoms with Gasteiger partial charge < -0.3 is 0 Å². The molecule has 0 aromatic carbocycles. The molecule has 5 heteroatoms. The molecule has 0 unspecified atom stereocenters. The van der Waals surface area contributed by atoms with Gasteiger partial charge >= 0.3 is 25.6 Å². The molecule has 0 spiro atoms. The minimum Gasteiger partial charge on any atom is 0 e. The minimum atomic E-state index is 0. The van der Waals surface area contributed by atoms with Gasteiger partial charge in [0.2, 0.25) is 0 Å². The average molecular weight is 312 g/mol. The van der Waals surface area contributed by atoms with Crippen LogP contribution in [-0.4, -0.2) is 75.3 Å². The fraction of sp³-hybridized carbons (Fsp3) is 0. The number of hydrogen-bond donors (Lipinski definition) is 0. The minimum absolute atomic E-state index is 0. The summed E-state index contributed by atoms with van der Waals surface area (Å²) in [5, 5.41) is 0. The van der Waals surface area contributed by atoms with E-state index in [1.54, 1.807) is 0 Å². The fourth-order valence-corrected chi connectivity index (χ4v) is 0. The van der Waals surface area contributed by atoms with Crippen molar-refractivity contribution < 1.29 is 3.08 Å². The SMILES string of the molecule is [Al].[O]=[Sn].[Sb].[Si]. The summed E-state index contributed by atoms with van der Waals surface area (Å²) in [4.78, 5) is 0. The van der Waals surface area contributed by atoms with Gasteiger partial charge in [0.05, 0.1) is 0 Å². The standard InChI is InChI=1S/Al.O.Sb.Si.Sn. The molecule has 1 nitrogen and oxygen atoms in total. The van der Waals surface area contributed by atoms with Crippen molar-refractivity contribution in [2.24, 2.45) is 0 Å². The first kappa shape index (κ1) is 27.2. The zero-order valence-corrected chi connectivity index (χ0v) is 9.99. The maximum absolute atomic E-state index is 8.34. The fourth-order valence-electron chi connectivity index (χ4n) is 0. The second kappa shape index (κ2) is 35.1.